The van der Waals surface area contributed by atoms with Crippen LogP contribution < -0.4 is 10.6 Å². The highest BCUT2D eigenvalue weighted by atomic mass is 32.2. The van der Waals surface area contributed by atoms with Crippen LogP contribution in [0.25, 0.3) is 11.4 Å². The number of rotatable bonds is 8. The van der Waals surface area contributed by atoms with Crippen LogP contribution in [0, 0.1) is 17.8 Å². The molecule has 1 atom stereocenters. The first kappa shape index (κ1) is 29.5. The number of nitrogens with one attached hydrogen (secondary N) is 2. The molecule has 1 aliphatic heterocycles. The van der Waals surface area contributed by atoms with Gasteiger partial charge in [0, 0.05) is 43.5 Å². The largest absolute Gasteiger partial charge is 0.393 e. The summed E-state index contributed by atoms with van der Waals surface area (Å²) in [7, 11) is -6.74. The molecule has 3 aliphatic rings. The lowest BCUT2D eigenvalue weighted by molar-refractivity contribution is 0.126. The summed E-state index contributed by atoms with van der Waals surface area (Å²) >= 11 is 0. The number of aliphatic hydroxyl groups excluding tert-OH is 1. The van der Waals surface area contributed by atoms with E-state index >= 15 is 0 Å². The summed E-state index contributed by atoms with van der Waals surface area (Å²) in [6, 6.07) is 3.71. The first-order valence-electron chi connectivity index (χ1n) is 14.4. The number of nitrogens with zero attached hydrogens (tertiary/aromatic N) is 6. The van der Waals surface area contributed by atoms with E-state index in [1.54, 1.807) is 18.5 Å². The van der Waals surface area contributed by atoms with Crippen LogP contribution in [0.1, 0.15) is 50.5 Å². The first-order valence-corrected chi connectivity index (χ1v) is 17.7. The lowest BCUT2D eigenvalue weighted by atomic mass is 9.93. The molecule has 13 nitrogen and oxygen atoms in total. The molecular weight excluding hydrogens is 592 g/mol. The van der Waals surface area contributed by atoms with Gasteiger partial charge < -0.3 is 15.7 Å². The highest BCUT2D eigenvalue weighted by molar-refractivity contribution is 7.90. The summed E-state index contributed by atoms with van der Waals surface area (Å²) in [6.07, 6.45) is 12.1. The third-order valence-corrected chi connectivity index (χ3v) is 11.2. The summed E-state index contributed by atoms with van der Waals surface area (Å²) < 4.78 is 51.3. The number of hydrogen-bond acceptors (Lipinski definition) is 11. The van der Waals surface area contributed by atoms with Gasteiger partial charge in [-0.3, -0.25) is 0 Å². The number of aliphatic hydroxyl groups is 1. The molecule has 0 radical (unpaired) electrons. The standard InChI is InChI=1S/C28H34N8O5S2/c1-42(38,39)35-13-11-19(17-35)2-3-20-15-30-27(14-25(20)32-22-4-6-23(37)7-5-22)33-26-10-12-29-28(34-26)21-16-31-36(18-21)43(40,41)24-8-9-24/h10,12,14-16,18-19,22-24,37H,4-9,11,13,17H2,1H3,(H2,29,30,32,33,34). The molecule has 0 bridgehead atoms. The zero-order valence-electron chi connectivity index (χ0n) is 23.7. The molecule has 0 aromatic carbocycles. The average Bonchev–Trinajstić information content (AvgIpc) is 3.51. The zero-order valence-corrected chi connectivity index (χ0v) is 25.4. The molecule has 6 rings (SSSR count). The number of sulfonamides is 1. The van der Waals surface area contributed by atoms with Crippen molar-refractivity contribution in [1.29, 1.82) is 0 Å². The lowest BCUT2D eigenvalue weighted by Gasteiger charge is -2.27. The van der Waals surface area contributed by atoms with E-state index in [9.17, 15) is 21.9 Å². The van der Waals surface area contributed by atoms with Crippen LogP contribution in [0.15, 0.2) is 36.9 Å². The van der Waals surface area contributed by atoms with E-state index < -0.39 is 20.0 Å². The van der Waals surface area contributed by atoms with Crippen molar-refractivity contribution in [3.8, 4) is 23.2 Å². The van der Waals surface area contributed by atoms with Gasteiger partial charge in [-0.05, 0) is 51.0 Å². The lowest BCUT2D eigenvalue weighted by Crippen LogP contribution is -2.28. The average molecular weight is 627 g/mol. The molecule has 2 saturated carbocycles. The number of anilines is 3. The van der Waals surface area contributed by atoms with Crippen molar-refractivity contribution in [2.24, 2.45) is 5.92 Å². The molecule has 228 valence electrons. The molecule has 3 aromatic heterocycles. The van der Waals surface area contributed by atoms with Gasteiger partial charge in [0.15, 0.2) is 5.82 Å². The minimum atomic E-state index is -3.49. The van der Waals surface area contributed by atoms with Gasteiger partial charge >= 0.3 is 0 Å². The van der Waals surface area contributed by atoms with Crippen LogP contribution >= 0.6 is 0 Å². The third-order valence-electron chi connectivity index (χ3n) is 7.93. The molecule has 0 spiro atoms. The second kappa shape index (κ2) is 11.8. The van der Waals surface area contributed by atoms with Crippen LogP contribution in [0.4, 0.5) is 17.3 Å². The molecular formula is C28H34N8O5S2. The van der Waals surface area contributed by atoms with Crippen LogP contribution in [0.5, 0.6) is 0 Å². The summed E-state index contributed by atoms with van der Waals surface area (Å²) in [6.45, 7) is 0.844. The van der Waals surface area contributed by atoms with Crippen molar-refractivity contribution in [3.05, 3.63) is 42.5 Å². The van der Waals surface area contributed by atoms with Crippen molar-refractivity contribution in [2.75, 3.05) is 30.0 Å². The molecule has 1 saturated heterocycles. The predicted molar refractivity (Wildman–Crippen MR) is 161 cm³/mol. The number of pyridine rings is 1. The van der Waals surface area contributed by atoms with E-state index in [-0.39, 0.29) is 23.3 Å². The van der Waals surface area contributed by atoms with Crippen molar-refractivity contribution in [1.82, 2.24) is 28.4 Å². The molecule has 3 fully saturated rings. The highest BCUT2D eigenvalue weighted by Crippen LogP contribution is 2.31. The molecule has 4 heterocycles. The maximum atomic E-state index is 12.5. The van der Waals surface area contributed by atoms with E-state index in [0.717, 1.165) is 35.5 Å². The van der Waals surface area contributed by atoms with Gasteiger partial charge in [-0.25, -0.2) is 36.1 Å². The maximum Gasteiger partial charge on any atom is 0.256 e. The molecule has 15 heteroatoms. The Bertz CT molecular complexity index is 1770. The van der Waals surface area contributed by atoms with Gasteiger partial charge in [0.2, 0.25) is 10.0 Å². The minimum absolute atomic E-state index is 0.0618. The fourth-order valence-corrected chi connectivity index (χ4v) is 7.65. The third kappa shape index (κ3) is 6.98. The smallest absolute Gasteiger partial charge is 0.256 e. The van der Waals surface area contributed by atoms with Gasteiger partial charge in [-0.2, -0.15) is 9.19 Å². The van der Waals surface area contributed by atoms with Crippen molar-refractivity contribution < 1.29 is 21.9 Å². The quantitative estimate of drug-likeness (QED) is 0.313. The Labute approximate surface area is 251 Å². The number of hydrogen-bond donors (Lipinski definition) is 3. The van der Waals surface area contributed by atoms with E-state index in [0.29, 0.717) is 60.9 Å². The first-order chi connectivity index (χ1) is 20.5. The molecule has 43 heavy (non-hydrogen) atoms. The van der Waals surface area contributed by atoms with Crippen molar-refractivity contribution in [3.63, 3.8) is 0 Å². The van der Waals surface area contributed by atoms with E-state index in [2.05, 4.69) is 42.5 Å². The van der Waals surface area contributed by atoms with Crippen molar-refractivity contribution in [2.45, 2.75) is 62.3 Å². The van der Waals surface area contributed by atoms with Crippen LogP contribution in [-0.4, -0.2) is 87.1 Å². The van der Waals surface area contributed by atoms with E-state index in [1.807, 2.05) is 6.07 Å². The van der Waals surface area contributed by atoms with Gasteiger partial charge in [0.1, 0.15) is 11.6 Å². The molecule has 3 N–H and O–H groups in total. The van der Waals surface area contributed by atoms with Crippen molar-refractivity contribution >= 4 is 37.4 Å². The molecule has 1 unspecified atom stereocenters. The van der Waals surface area contributed by atoms with Gasteiger partial charge in [0.05, 0.1) is 46.8 Å². The Morgan fingerprint density at radius 1 is 1.00 bits per heavy atom. The Hall–Kier alpha value is -3.58. The van der Waals surface area contributed by atoms with E-state index in [1.165, 1.54) is 23.0 Å². The summed E-state index contributed by atoms with van der Waals surface area (Å²) in [4.78, 5) is 13.4. The van der Waals surface area contributed by atoms with Gasteiger partial charge in [0.25, 0.3) is 10.0 Å². The number of aromatic nitrogens is 5. The van der Waals surface area contributed by atoms with Crippen LogP contribution in [-0.2, 0) is 20.0 Å². The summed E-state index contributed by atoms with van der Waals surface area (Å²) in [5, 5.41) is 20.4. The highest BCUT2D eigenvalue weighted by Gasteiger charge is 2.37. The Kier molecular flexibility index (Phi) is 8.12. The monoisotopic (exact) mass is 626 g/mol. The fourth-order valence-electron chi connectivity index (χ4n) is 5.29. The van der Waals surface area contributed by atoms with Crippen LogP contribution in [0.2, 0.25) is 0 Å². The molecule has 2 aliphatic carbocycles. The van der Waals surface area contributed by atoms with E-state index in [4.69, 9.17) is 0 Å². The minimum Gasteiger partial charge on any atom is -0.393 e. The Morgan fingerprint density at radius 2 is 1.79 bits per heavy atom. The molecule has 3 aromatic rings. The maximum absolute atomic E-state index is 12.5. The normalized spacial score (nSPS) is 23.0. The van der Waals surface area contributed by atoms with Crippen LogP contribution in [0.3, 0.4) is 0 Å². The topological polar surface area (TPSA) is 172 Å². The summed E-state index contributed by atoms with van der Waals surface area (Å²) in [5.41, 5.74) is 1.96. The van der Waals surface area contributed by atoms with Gasteiger partial charge in [-0.15, -0.1) is 0 Å². The SMILES string of the molecule is CS(=O)(=O)N1CCC(C#Cc2cnc(Nc3ccnc(-c4cnn(S(=O)(=O)C5CC5)c4)n3)cc2NC2CCC(O)CC2)C1. The predicted octanol–water partition coefficient (Wildman–Crippen LogP) is 2.17. The molecule has 0 amide bonds. The zero-order chi connectivity index (χ0) is 30.2. The fraction of sp³-hybridized carbons (Fsp3) is 0.500. The second-order valence-electron chi connectivity index (χ2n) is 11.4. The second-order valence-corrected chi connectivity index (χ2v) is 15.4. The Morgan fingerprint density at radius 3 is 2.51 bits per heavy atom. The van der Waals surface area contributed by atoms with Gasteiger partial charge in [-0.1, -0.05) is 11.8 Å². The summed E-state index contributed by atoms with van der Waals surface area (Å²) in [5.74, 6) is 7.70. The Balaban J connectivity index is 1.22.